The van der Waals surface area contributed by atoms with Crippen molar-refractivity contribution >= 4 is 38.1 Å². The van der Waals surface area contributed by atoms with Crippen molar-refractivity contribution in [2.45, 2.75) is 0 Å². The van der Waals surface area contributed by atoms with E-state index in [4.69, 9.17) is 0 Å². The average Bonchev–Trinajstić information content (AvgIpc) is 2.75. The zero-order chi connectivity index (χ0) is 11.5. The summed E-state index contributed by atoms with van der Waals surface area (Å²) < 4.78 is 2.69. The van der Waals surface area contributed by atoms with Crippen molar-refractivity contribution in [1.29, 1.82) is 0 Å². The highest BCUT2D eigenvalue weighted by Gasteiger charge is 2.04. The van der Waals surface area contributed by atoms with Crippen LogP contribution in [-0.4, -0.2) is 26.2 Å². The Bertz CT molecular complexity index is 501. The third-order valence-corrected chi connectivity index (χ3v) is 2.99. The van der Waals surface area contributed by atoms with Gasteiger partial charge >= 0.3 is 0 Å². The van der Waals surface area contributed by atoms with E-state index in [-0.39, 0.29) is 5.75 Å². The summed E-state index contributed by atoms with van der Waals surface area (Å²) in [4.78, 5) is 0. The predicted octanol–water partition coefficient (Wildman–Crippen LogP) is 2.39. The second kappa shape index (κ2) is 4.75. The van der Waals surface area contributed by atoms with Crippen LogP contribution < -0.4 is 0 Å². The van der Waals surface area contributed by atoms with Crippen LogP contribution in [0.3, 0.4) is 0 Å². The molecule has 0 atom stereocenters. The molecule has 5 nitrogen and oxygen atoms in total. The van der Waals surface area contributed by atoms with Gasteiger partial charge in [0.2, 0.25) is 0 Å². The molecule has 0 fully saturated rings. The minimum atomic E-state index is 0.168. The molecule has 1 heterocycles. The Hall–Kier alpha value is -1.21. The number of phenolic OH excluding ortho intramolecular Hbond substituents is 1. The quantitative estimate of drug-likeness (QED) is 0.850. The molecule has 0 amide bonds. The number of hydrogen-bond donors (Lipinski definition) is 1. The molecule has 1 aromatic carbocycles. The molecule has 0 spiro atoms. The van der Waals surface area contributed by atoms with Gasteiger partial charge in [0.05, 0.1) is 15.2 Å². The largest absolute Gasteiger partial charge is 0.506 e. The Kier molecular flexibility index (Phi) is 3.35. The van der Waals surface area contributed by atoms with Crippen LogP contribution in [0.5, 0.6) is 5.75 Å². The van der Waals surface area contributed by atoms with E-state index in [9.17, 15) is 5.11 Å². The minimum absolute atomic E-state index is 0.168. The molecule has 0 saturated heterocycles. The summed E-state index contributed by atoms with van der Waals surface area (Å²) in [6.07, 6.45) is 4.61. The summed E-state index contributed by atoms with van der Waals surface area (Å²) in [6, 6.07) is 3.52. The third-order valence-electron chi connectivity index (χ3n) is 1.79. The van der Waals surface area contributed by atoms with Gasteiger partial charge in [-0.3, -0.25) is 0 Å². The highest BCUT2D eigenvalue weighted by molar-refractivity contribution is 9.11. The SMILES string of the molecule is Oc1c(Br)cc(/C=N/n2cnnc2)cc1Br. The number of aromatic hydroxyl groups is 1. The monoisotopic (exact) mass is 344 g/mol. The van der Waals surface area contributed by atoms with Crippen molar-refractivity contribution in [3.05, 3.63) is 39.3 Å². The maximum absolute atomic E-state index is 9.52. The van der Waals surface area contributed by atoms with Crippen LogP contribution in [-0.2, 0) is 0 Å². The number of halogens is 2. The molecule has 0 aliphatic carbocycles. The van der Waals surface area contributed by atoms with E-state index in [0.29, 0.717) is 8.95 Å². The zero-order valence-electron chi connectivity index (χ0n) is 7.88. The molecule has 1 aromatic heterocycles. The second-order valence-electron chi connectivity index (χ2n) is 2.92. The van der Waals surface area contributed by atoms with Gasteiger partial charge in [0.15, 0.2) is 0 Å². The van der Waals surface area contributed by atoms with Crippen LogP contribution in [0.15, 0.2) is 38.8 Å². The van der Waals surface area contributed by atoms with Crippen molar-refractivity contribution in [2.75, 3.05) is 0 Å². The van der Waals surface area contributed by atoms with Gasteiger partial charge in [0.1, 0.15) is 18.4 Å². The first-order chi connectivity index (χ1) is 7.66. The molecule has 2 aromatic rings. The molecule has 16 heavy (non-hydrogen) atoms. The summed E-state index contributed by atoms with van der Waals surface area (Å²) >= 11 is 6.48. The maximum atomic E-state index is 9.52. The van der Waals surface area contributed by atoms with E-state index in [1.807, 2.05) is 0 Å². The fourth-order valence-electron chi connectivity index (χ4n) is 1.05. The van der Waals surface area contributed by atoms with Gasteiger partial charge in [-0.2, -0.15) is 5.10 Å². The number of aromatic nitrogens is 3. The van der Waals surface area contributed by atoms with Crippen molar-refractivity contribution in [3.8, 4) is 5.75 Å². The summed E-state index contributed by atoms with van der Waals surface area (Å²) in [7, 11) is 0. The summed E-state index contributed by atoms with van der Waals surface area (Å²) in [5.74, 6) is 0.168. The fraction of sp³-hybridized carbons (Fsp3) is 0. The summed E-state index contributed by atoms with van der Waals surface area (Å²) in [6.45, 7) is 0. The average molecular weight is 346 g/mol. The fourth-order valence-corrected chi connectivity index (χ4v) is 2.27. The van der Waals surface area contributed by atoms with Crippen LogP contribution in [0.25, 0.3) is 0 Å². The van der Waals surface area contributed by atoms with E-state index >= 15 is 0 Å². The van der Waals surface area contributed by atoms with Crippen molar-refractivity contribution in [2.24, 2.45) is 5.10 Å². The molecule has 82 valence electrons. The van der Waals surface area contributed by atoms with Gasteiger partial charge in [-0.15, -0.1) is 10.2 Å². The molecule has 0 unspecified atom stereocenters. The lowest BCUT2D eigenvalue weighted by atomic mass is 10.2. The van der Waals surface area contributed by atoms with Gasteiger partial charge in [-0.05, 0) is 49.6 Å². The second-order valence-corrected chi connectivity index (χ2v) is 4.63. The normalized spacial score (nSPS) is 11.1. The lowest BCUT2D eigenvalue weighted by Crippen LogP contribution is -1.88. The molecular formula is C9H6Br2N4O. The molecular weight excluding hydrogens is 340 g/mol. The lowest BCUT2D eigenvalue weighted by molar-refractivity contribution is 0.468. The third kappa shape index (κ3) is 2.48. The Balaban J connectivity index is 2.29. The van der Waals surface area contributed by atoms with E-state index < -0.39 is 0 Å². The van der Waals surface area contributed by atoms with Gasteiger partial charge in [0, 0.05) is 0 Å². The van der Waals surface area contributed by atoms with E-state index in [2.05, 4.69) is 47.2 Å². The number of rotatable bonds is 2. The van der Waals surface area contributed by atoms with Gasteiger partial charge < -0.3 is 5.11 Å². The summed E-state index contributed by atoms with van der Waals surface area (Å²) in [5, 5.41) is 20.9. The lowest BCUT2D eigenvalue weighted by Gasteiger charge is -2.01. The topological polar surface area (TPSA) is 63.3 Å². The zero-order valence-corrected chi connectivity index (χ0v) is 11.1. The first-order valence-electron chi connectivity index (χ1n) is 4.24. The Morgan fingerprint density at radius 1 is 1.19 bits per heavy atom. The number of benzene rings is 1. The standard InChI is InChI=1S/C9H6Br2N4O/c10-7-1-6(2-8(11)9(7)16)3-14-15-4-12-13-5-15/h1-5,16H/b14-3+. The predicted molar refractivity (Wildman–Crippen MR) is 66.5 cm³/mol. The molecule has 0 aliphatic rings. The smallest absolute Gasteiger partial charge is 0.143 e. The highest BCUT2D eigenvalue weighted by atomic mass is 79.9. The Morgan fingerprint density at radius 3 is 2.31 bits per heavy atom. The van der Waals surface area contributed by atoms with E-state index in [1.165, 1.54) is 17.3 Å². The Labute approximate surface area is 108 Å². The highest BCUT2D eigenvalue weighted by Crippen LogP contribution is 2.32. The Morgan fingerprint density at radius 2 is 1.75 bits per heavy atom. The molecule has 0 bridgehead atoms. The molecule has 2 rings (SSSR count). The van der Waals surface area contributed by atoms with Crippen molar-refractivity contribution < 1.29 is 5.11 Å². The maximum Gasteiger partial charge on any atom is 0.143 e. The first-order valence-corrected chi connectivity index (χ1v) is 5.82. The molecule has 1 N–H and O–H groups in total. The molecule has 7 heteroatoms. The van der Waals surface area contributed by atoms with Crippen molar-refractivity contribution in [3.63, 3.8) is 0 Å². The number of nitrogens with zero attached hydrogens (tertiary/aromatic N) is 4. The van der Waals surface area contributed by atoms with Crippen LogP contribution in [0.4, 0.5) is 0 Å². The van der Waals surface area contributed by atoms with Gasteiger partial charge in [-0.25, -0.2) is 4.68 Å². The minimum Gasteiger partial charge on any atom is -0.506 e. The first kappa shape index (κ1) is 11.3. The van der Waals surface area contributed by atoms with Gasteiger partial charge in [0.25, 0.3) is 0 Å². The molecule has 0 saturated carbocycles. The number of hydrogen-bond acceptors (Lipinski definition) is 4. The van der Waals surface area contributed by atoms with Crippen LogP contribution >= 0.6 is 31.9 Å². The van der Waals surface area contributed by atoms with E-state index in [0.717, 1.165) is 5.56 Å². The molecule has 0 radical (unpaired) electrons. The van der Waals surface area contributed by atoms with Crippen LogP contribution in [0.1, 0.15) is 5.56 Å². The van der Waals surface area contributed by atoms with Crippen molar-refractivity contribution in [1.82, 2.24) is 14.9 Å². The van der Waals surface area contributed by atoms with Crippen LogP contribution in [0.2, 0.25) is 0 Å². The summed E-state index contributed by atoms with van der Waals surface area (Å²) in [5.41, 5.74) is 0.838. The molecule has 0 aliphatic heterocycles. The number of phenols is 1. The van der Waals surface area contributed by atoms with E-state index in [1.54, 1.807) is 18.3 Å². The van der Waals surface area contributed by atoms with Crippen LogP contribution in [0, 0.1) is 0 Å². The van der Waals surface area contributed by atoms with Gasteiger partial charge in [-0.1, -0.05) is 0 Å².